The van der Waals surface area contributed by atoms with E-state index in [1.165, 1.54) is 23.5 Å². The van der Waals surface area contributed by atoms with Gasteiger partial charge in [0.2, 0.25) is 0 Å². The summed E-state index contributed by atoms with van der Waals surface area (Å²) in [4.78, 5) is 4.33. The van der Waals surface area contributed by atoms with Gasteiger partial charge < -0.3 is 0 Å². The summed E-state index contributed by atoms with van der Waals surface area (Å²) in [6.45, 7) is 0. The molecule has 0 radical (unpaired) electrons. The monoisotopic (exact) mass is 255 g/mol. The van der Waals surface area contributed by atoms with Gasteiger partial charge in [0.05, 0.1) is 5.56 Å². The molecule has 1 nitrogen and oxygen atoms in total. The van der Waals surface area contributed by atoms with Gasteiger partial charge in [0, 0.05) is 16.6 Å². The molecule has 88 valence electrons. The maximum Gasteiger partial charge on any atom is 0.416 e. The van der Waals surface area contributed by atoms with Gasteiger partial charge in [0.25, 0.3) is 0 Å². The van der Waals surface area contributed by atoms with E-state index in [9.17, 15) is 13.2 Å². The molecule has 0 amide bonds. The first-order valence-electron chi connectivity index (χ1n) is 5.12. The summed E-state index contributed by atoms with van der Waals surface area (Å²) in [6, 6.07) is 5.09. The van der Waals surface area contributed by atoms with E-state index in [-0.39, 0.29) is 0 Å². The van der Waals surface area contributed by atoms with E-state index in [4.69, 9.17) is 0 Å². The molecule has 0 aliphatic rings. The fourth-order valence-corrected chi connectivity index (χ4v) is 2.31. The molecule has 0 aliphatic heterocycles. The van der Waals surface area contributed by atoms with Gasteiger partial charge in [-0.2, -0.15) is 13.2 Å². The van der Waals surface area contributed by atoms with Crippen molar-refractivity contribution < 1.29 is 13.2 Å². The van der Waals surface area contributed by atoms with Crippen LogP contribution in [-0.2, 0) is 12.5 Å². The zero-order chi connectivity index (χ0) is 12.5. The van der Waals surface area contributed by atoms with Crippen LogP contribution < -0.4 is 0 Å². The molecule has 0 saturated carbocycles. The highest BCUT2D eigenvalue weighted by atomic mass is 32.1. The standard InChI is InChI=1S/C11H9BF3NS/c12-5-9-6-17-10(16-9)7-1-3-8(4-2-7)11(13,14)15/h1-4,6H,5,12H2. The molecule has 0 spiro atoms. The van der Waals surface area contributed by atoms with Gasteiger partial charge in [-0.15, -0.1) is 11.3 Å². The first-order chi connectivity index (χ1) is 8.00. The minimum atomic E-state index is -4.28. The van der Waals surface area contributed by atoms with E-state index in [2.05, 4.69) is 4.98 Å². The van der Waals surface area contributed by atoms with Gasteiger partial charge in [-0.05, 0) is 18.5 Å². The van der Waals surface area contributed by atoms with Crippen LogP contribution in [0, 0.1) is 0 Å². The Morgan fingerprint density at radius 2 is 1.82 bits per heavy atom. The van der Waals surface area contributed by atoms with Crippen LogP contribution >= 0.6 is 11.3 Å². The second-order valence-corrected chi connectivity index (χ2v) is 4.43. The first kappa shape index (κ1) is 12.2. The predicted octanol–water partition coefficient (Wildman–Crippen LogP) is 2.96. The van der Waals surface area contributed by atoms with Crippen molar-refractivity contribution >= 4 is 19.2 Å². The van der Waals surface area contributed by atoms with E-state index in [0.717, 1.165) is 34.7 Å². The molecule has 17 heavy (non-hydrogen) atoms. The minimum Gasteiger partial charge on any atom is -0.242 e. The molecule has 0 bridgehead atoms. The molecular weight excluding hydrogens is 246 g/mol. The third-order valence-corrected chi connectivity index (χ3v) is 3.31. The first-order valence-corrected chi connectivity index (χ1v) is 6.00. The molecular formula is C11H9BF3NS. The molecule has 0 fully saturated rings. The lowest BCUT2D eigenvalue weighted by Crippen LogP contribution is -2.03. The lowest BCUT2D eigenvalue weighted by molar-refractivity contribution is -0.137. The van der Waals surface area contributed by atoms with Crippen molar-refractivity contribution in [1.29, 1.82) is 0 Å². The Morgan fingerprint density at radius 1 is 1.18 bits per heavy atom. The molecule has 1 aromatic heterocycles. The zero-order valence-corrected chi connectivity index (χ0v) is 9.90. The summed E-state index contributed by atoms with van der Waals surface area (Å²) in [5, 5.41) is 2.68. The van der Waals surface area contributed by atoms with Crippen molar-refractivity contribution in [3.05, 3.63) is 40.9 Å². The smallest absolute Gasteiger partial charge is 0.242 e. The third kappa shape index (κ3) is 2.69. The summed E-state index contributed by atoms with van der Waals surface area (Å²) in [7, 11) is 1.99. The lowest BCUT2D eigenvalue weighted by Gasteiger charge is -2.06. The number of thiazole rings is 1. The van der Waals surface area contributed by atoms with Crippen molar-refractivity contribution in [2.24, 2.45) is 0 Å². The summed E-state index contributed by atoms with van der Waals surface area (Å²) < 4.78 is 37.1. The second kappa shape index (κ2) is 4.53. The molecule has 0 aliphatic carbocycles. The number of hydrogen-bond donors (Lipinski definition) is 0. The van der Waals surface area contributed by atoms with E-state index < -0.39 is 11.7 Å². The highest BCUT2D eigenvalue weighted by molar-refractivity contribution is 7.13. The topological polar surface area (TPSA) is 12.9 Å². The van der Waals surface area contributed by atoms with Crippen molar-refractivity contribution in [1.82, 2.24) is 4.98 Å². The Kier molecular flexibility index (Phi) is 3.24. The van der Waals surface area contributed by atoms with E-state index in [1.54, 1.807) is 0 Å². The van der Waals surface area contributed by atoms with Crippen LogP contribution in [0.3, 0.4) is 0 Å². The van der Waals surface area contributed by atoms with Gasteiger partial charge in [-0.1, -0.05) is 12.1 Å². The fourth-order valence-electron chi connectivity index (χ4n) is 1.40. The zero-order valence-electron chi connectivity index (χ0n) is 9.08. The normalized spacial score (nSPS) is 11.7. The quantitative estimate of drug-likeness (QED) is 0.752. The molecule has 0 atom stereocenters. The van der Waals surface area contributed by atoms with Crippen LogP contribution in [0.15, 0.2) is 29.6 Å². The average Bonchev–Trinajstić information content (AvgIpc) is 2.76. The Hall–Kier alpha value is -1.30. The summed E-state index contributed by atoms with van der Waals surface area (Å²) >= 11 is 1.45. The molecule has 0 N–H and O–H groups in total. The van der Waals surface area contributed by atoms with Crippen LogP contribution in [-0.4, -0.2) is 12.8 Å². The number of alkyl halides is 3. The van der Waals surface area contributed by atoms with Crippen LogP contribution in [0.5, 0.6) is 0 Å². The largest absolute Gasteiger partial charge is 0.416 e. The maximum atomic E-state index is 12.4. The summed E-state index contributed by atoms with van der Waals surface area (Å²) in [5.41, 5.74) is 1.06. The molecule has 1 aromatic carbocycles. The molecule has 0 unspecified atom stereocenters. The summed E-state index contributed by atoms with van der Waals surface area (Å²) in [6.07, 6.45) is -3.45. The van der Waals surface area contributed by atoms with Gasteiger partial charge in [0.1, 0.15) is 12.9 Å². The van der Waals surface area contributed by atoms with E-state index in [1.807, 2.05) is 13.2 Å². The van der Waals surface area contributed by atoms with E-state index >= 15 is 0 Å². The Balaban J connectivity index is 2.29. The highest BCUT2D eigenvalue weighted by Crippen LogP contribution is 2.31. The molecule has 1 heterocycles. The van der Waals surface area contributed by atoms with Crippen molar-refractivity contribution in [3.8, 4) is 10.6 Å². The fraction of sp³-hybridized carbons (Fsp3) is 0.182. The lowest BCUT2D eigenvalue weighted by atomic mass is 10.0. The Labute approximate surface area is 102 Å². The SMILES string of the molecule is BCc1csc(-c2ccc(C(F)(F)F)cc2)n1. The van der Waals surface area contributed by atoms with Crippen LogP contribution in [0.25, 0.3) is 10.6 Å². The number of halogens is 3. The van der Waals surface area contributed by atoms with Gasteiger partial charge in [0.15, 0.2) is 0 Å². The average molecular weight is 255 g/mol. The number of benzene rings is 1. The number of nitrogens with zero attached hydrogens (tertiary/aromatic N) is 1. The van der Waals surface area contributed by atoms with E-state index in [0.29, 0.717) is 0 Å². The molecule has 0 saturated heterocycles. The molecule has 2 rings (SSSR count). The van der Waals surface area contributed by atoms with Gasteiger partial charge >= 0.3 is 6.18 Å². The third-order valence-electron chi connectivity index (χ3n) is 2.37. The number of rotatable bonds is 2. The van der Waals surface area contributed by atoms with Crippen LogP contribution in [0.4, 0.5) is 13.2 Å². The van der Waals surface area contributed by atoms with Crippen molar-refractivity contribution in [2.75, 3.05) is 0 Å². The van der Waals surface area contributed by atoms with Crippen LogP contribution in [0.1, 0.15) is 11.3 Å². The van der Waals surface area contributed by atoms with Crippen molar-refractivity contribution in [3.63, 3.8) is 0 Å². The second-order valence-electron chi connectivity index (χ2n) is 3.57. The number of aromatic nitrogens is 1. The Morgan fingerprint density at radius 3 is 2.29 bits per heavy atom. The highest BCUT2D eigenvalue weighted by Gasteiger charge is 2.30. The van der Waals surface area contributed by atoms with Crippen molar-refractivity contribution in [2.45, 2.75) is 12.5 Å². The van der Waals surface area contributed by atoms with Crippen LogP contribution in [0.2, 0.25) is 0 Å². The maximum absolute atomic E-state index is 12.4. The molecule has 6 heteroatoms. The summed E-state index contributed by atoms with van der Waals surface area (Å²) in [5.74, 6) is 0. The van der Waals surface area contributed by atoms with Gasteiger partial charge in [-0.3, -0.25) is 0 Å². The predicted molar refractivity (Wildman–Crippen MR) is 64.8 cm³/mol. The molecule has 2 aromatic rings. The number of hydrogen-bond acceptors (Lipinski definition) is 2. The Bertz CT molecular complexity index is 504. The minimum absolute atomic E-state index is 0.631. The van der Waals surface area contributed by atoms with Gasteiger partial charge in [-0.25, -0.2) is 4.98 Å².